The van der Waals surface area contributed by atoms with E-state index >= 15 is 0 Å². The van der Waals surface area contributed by atoms with Crippen LogP contribution in [-0.2, 0) is 6.54 Å². The summed E-state index contributed by atoms with van der Waals surface area (Å²) in [5.74, 6) is 0. The number of hydrogen-bond donors (Lipinski definition) is 1. The fourth-order valence-electron chi connectivity index (χ4n) is 1.76. The standard InChI is InChI=1S/C13H19N/c1-10-4-6-11(7-5-10)9-14-12-8-13(12,2)3/h4-7,12,14H,8-9H2,1-3H3. The highest BCUT2D eigenvalue weighted by Crippen LogP contribution is 2.44. The molecule has 1 aromatic carbocycles. The number of benzene rings is 1. The molecule has 1 aromatic rings. The number of aryl methyl sites for hydroxylation is 1. The van der Waals surface area contributed by atoms with Crippen molar-refractivity contribution in [2.45, 2.75) is 39.8 Å². The molecule has 1 N–H and O–H groups in total. The zero-order chi connectivity index (χ0) is 10.2. The van der Waals surface area contributed by atoms with Crippen molar-refractivity contribution in [3.05, 3.63) is 35.4 Å². The minimum Gasteiger partial charge on any atom is -0.309 e. The van der Waals surface area contributed by atoms with Crippen molar-refractivity contribution in [2.75, 3.05) is 0 Å². The molecule has 2 rings (SSSR count). The van der Waals surface area contributed by atoms with Gasteiger partial charge in [-0.1, -0.05) is 43.7 Å². The van der Waals surface area contributed by atoms with Crippen LogP contribution >= 0.6 is 0 Å². The molecule has 1 aliphatic rings. The predicted molar refractivity (Wildman–Crippen MR) is 60.2 cm³/mol. The monoisotopic (exact) mass is 189 g/mol. The van der Waals surface area contributed by atoms with Gasteiger partial charge >= 0.3 is 0 Å². The van der Waals surface area contributed by atoms with E-state index in [1.165, 1.54) is 17.5 Å². The Labute approximate surface area is 86.5 Å². The Balaban J connectivity index is 1.84. The van der Waals surface area contributed by atoms with Gasteiger partial charge in [0.05, 0.1) is 0 Å². The highest BCUT2D eigenvalue weighted by molar-refractivity contribution is 5.21. The fourth-order valence-corrected chi connectivity index (χ4v) is 1.76. The number of nitrogens with one attached hydrogen (secondary N) is 1. The van der Waals surface area contributed by atoms with Gasteiger partial charge in [-0.2, -0.15) is 0 Å². The quantitative estimate of drug-likeness (QED) is 0.771. The summed E-state index contributed by atoms with van der Waals surface area (Å²) in [6, 6.07) is 9.49. The molecular formula is C13H19N. The molecule has 0 saturated heterocycles. The number of hydrogen-bond acceptors (Lipinski definition) is 1. The lowest BCUT2D eigenvalue weighted by molar-refractivity contribution is 0.542. The van der Waals surface area contributed by atoms with Crippen LogP contribution in [0.5, 0.6) is 0 Å². The van der Waals surface area contributed by atoms with Crippen LogP contribution in [0.3, 0.4) is 0 Å². The van der Waals surface area contributed by atoms with Crippen molar-refractivity contribution in [1.29, 1.82) is 0 Å². The van der Waals surface area contributed by atoms with Crippen LogP contribution in [0.25, 0.3) is 0 Å². The molecule has 0 aliphatic heterocycles. The van der Waals surface area contributed by atoms with Crippen molar-refractivity contribution in [2.24, 2.45) is 5.41 Å². The zero-order valence-electron chi connectivity index (χ0n) is 9.30. The normalized spacial score (nSPS) is 23.5. The van der Waals surface area contributed by atoms with Gasteiger partial charge in [0.15, 0.2) is 0 Å². The first-order valence-corrected chi connectivity index (χ1v) is 5.37. The minimum absolute atomic E-state index is 0.532. The minimum atomic E-state index is 0.532. The Hall–Kier alpha value is -0.820. The lowest BCUT2D eigenvalue weighted by atomic mass is 10.1. The van der Waals surface area contributed by atoms with Crippen LogP contribution in [0.4, 0.5) is 0 Å². The van der Waals surface area contributed by atoms with Crippen LogP contribution in [0.1, 0.15) is 31.4 Å². The van der Waals surface area contributed by atoms with Crippen molar-refractivity contribution >= 4 is 0 Å². The van der Waals surface area contributed by atoms with Crippen LogP contribution in [0.15, 0.2) is 24.3 Å². The summed E-state index contributed by atoms with van der Waals surface area (Å²) in [6.45, 7) is 7.77. The second kappa shape index (κ2) is 3.39. The second-order valence-corrected chi connectivity index (χ2v) is 5.11. The van der Waals surface area contributed by atoms with Crippen molar-refractivity contribution in [3.8, 4) is 0 Å². The molecule has 76 valence electrons. The predicted octanol–water partition coefficient (Wildman–Crippen LogP) is 2.88. The molecule has 1 unspecified atom stereocenters. The molecule has 0 heterocycles. The molecule has 0 radical (unpaired) electrons. The molecule has 1 nitrogen and oxygen atoms in total. The Morgan fingerprint density at radius 3 is 2.36 bits per heavy atom. The van der Waals surface area contributed by atoms with Gasteiger partial charge in [-0.3, -0.25) is 0 Å². The summed E-state index contributed by atoms with van der Waals surface area (Å²) in [5, 5.41) is 3.58. The van der Waals surface area contributed by atoms with Crippen molar-refractivity contribution < 1.29 is 0 Å². The van der Waals surface area contributed by atoms with E-state index in [9.17, 15) is 0 Å². The molecule has 1 aliphatic carbocycles. The summed E-state index contributed by atoms with van der Waals surface area (Å²) in [6.07, 6.45) is 1.32. The molecular weight excluding hydrogens is 170 g/mol. The van der Waals surface area contributed by atoms with E-state index in [4.69, 9.17) is 0 Å². The highest BCUT2D eigenvalue weighted by atomic mass is 15.0. The lowest BCUT2D eigenvalue weighted by Crippen LogP contribution is -2.19. The van der Waals surface area contributed by atoms with Gasteiger partial charge in [-0.15, -0.1) is 0 Å². The third-order valence-corrected chi connectivity index (χ3v) is 3.19. The average molecular weight is 189 g/mol. The first-order chi connectivity index (χ1) is 6.58. The van der Waals surface area contributed by atoms with Gasteiger partial charge in [0.25, 0.3) is 0 Å². The molecule has 1 heteroatoms. The Morgan fingerprint density at radius 2 is 1.86 bits per heavy atom. The van der Waals surface area contributed by atoms with E-state index in [0.717, 1.165) is 12.6 Å². The topological polar surface area (TPSA) is 12.0 Å². The van der Waals surface area contributed by atoms with E-state index in [0.29, 0.717) is 5.41 Å². The van der Waals surface area contributed by atoms with Crippen LogP contribution in [0, 0.1) is 12.3 Å². The molecule has 1 atom stereocenters. The lowest BCUT2D eigenvalue weighted by Gasteiger charge is -2.06. The summed E-state index contributed by atoms with van der Waals surface area (Å²) in [5.41, 5.74) is 3.25. The van der Waals surface area contributed by atoms with Gasteiger partial charge in [0.1, 0.15) is 0 Å². The Kier molecular flexibility index (Phi) is 2.36. The van der Waals surface area contributed by atoms with Crippen LogP contribution in [-0.4, -0.2) is 6.04 Å². The van der Waals surface area contributed by atoms with Crippen LogP contribution in [0.2, 0.25) is 0 Å². The number of rotatable bonds is 3. The maximum Gasteiger partial charge on any atom is 0.0208 e. The van der Waals surface area contributed by atoms with E-state index in [-0.39, 0.29) is 0 Å². The van der Waals surface area contributed by atoms with E-state index in [1.54, 1.807) is 0 Å². The van der Waals surface area contributed by atoms with Crippen molar-refractivity contribution in [3.63, 3.8) is 0 Å². The Bertz CT molecular complexity index is 311. The smallest absolute Gasteiger partial charge is 0.0208 e. The maximum absolute atomic E-state index is 3.58. The van der Waals surface area contributed by atoms with Crippen molar-refractivity contribution in [1.82, 2.24) is 5.32 Å². The summed E-state index contributed by atoms with van der Waals surface area (Å²) < 4.78 is 0. The summed E-state index contributed by atoms with van der Waals surface area (Å²) >= 11 is 0. The van der Waals surface area contributed by atoms with E-state index in [2.05, 4.69) is 50.4 Å². The van der Waals surface area contributed by atoms with Crippen LogP contribution < -0.4 is 5.32 Å². The van der Waals surface area contributed by atoms with Gasteiger partial charge in [0.2, 0.25) is 0 Å². The third-order valence-electron chi connectivity index (χ3n) is 3.19. The van der Waals surface area contributed by atoms with Gasteiger partial charge in [0, 0.05) is 12.6 Å². The van der Waals surface area contributed by atoms with Gasteiger partial charge in [-0.25, -0.2) is 0 Å². The third kappa shape index (κ3) is 2.16. The molecule has 1 saturated carbocycles. The first-order valence-electron chi connectivity index (χ1n) is 5.37. The Morgan fingerprint density at radius 1 is 1.29 bits per heavy atom. The molecule has 14 heavy (non-hydrogen) atoms. The molecule has 0 aromatic heterocycles. The second-order valence-electron chi connectivity index (χ2n) is 5.11. The van der Waals surface area contributed by atoms with E-state index in [1.807, 2.05) is 0 Å². The SMILES string of the molecule is Cc1ccc(CNC2CC2(C)C)cc1. The van der Waals surface area contributed by atoms with Gasteiger partial charge < -0.3 is 5.32 Å². The zero-order valence-corrected chi connectivity index (χ0v) is 9.30. The summed E-state index contributed by atoms with van der Waals surface area (Å²) in [4.78, 5) is 0. The summed E-state index contributed by atoms with van der Waals surface area (Å²) in [7, 11) is 0. The van der Waals surface area contributed by atoms with Gasteiger partial charge in [-0.05, 0) is 24.3 Å². The fraction of sp³-hybridized carbons (Fsp3) is 0.538. The molecule has 1 fully saturated rings. The maximum atomic E-state index is 3.58. The largest absolute Gasteiger partial charge is 0.309 e. The van der Waals surface area contributed by atoms with E-state index < -0.39 is 0 Å². The highest BCUT2D eigenvalue weighted by Gasteiger charge is 2.44. The first kappa shape index (κ1) is 9.72. The molecule has 0 amide bonds. The average Bonchev–Trinajstić information content (AvgIpc) is 2.73. The molecule has 0 bridgehead atoms. The molecule has 0 spiro atoms.